The van der Waals surface area contributed by atoms with E-state index in [1.807, 2.05) is 0 Å². The standard InChI is InChI=1S/C67H88N6O/c1-5-9-13-17-21-29-37-72(38-30-22-18-14-10-6-2)60-45-58(70)63(56-43-51-35-27-25-33-49(51)41-54(56)60)65-62(53(47-68)48-69)66(67(65)74)64-57-44-52-36-28-26-34-50(52)42-55(57)61(46-59(64)71)73(39-31-23-19-15-11-7-3)40-32-24-20-16-12-8-4/h25-28,33-36,41-46,65,74H,5-24,29-32,37-40,70-71H2,1-4H3. The largest absolute Gasteiger partial charge is 0.511 e. The fourth-order valence-electron chi connectivity index (χ4n) is 11.9. The molecule has 0 spiro atoms. The molecule has 7 rings (SSSR count). The summed E-state index contributed by atoms with van der Waals surface area (Å²) in [4.78, 5) is 5.12. The number of fused-ring (bicyclic) bond motifs is 4. The number of nitriles is 2. The van der Waals surface area contributed by atoms with Gasteiger partial charge in [0, 0.05) is 76.4 Å². The van der Waals surface area contributed by atoms with Gasteiger partial charge in [0.15, 0.2) is 0 Å². The van der Waals surface area contributed by atoms with Crippen molar-refractivity contribution in [3.63, 3.8) is 0 Å². The number of hydrogen-bond acceptors (Lipinski definition) is 7. The first-order chi connectivity index (χ1) is 36.3. The number of nitrogens with two attached hydrogens (primary N) is 2. The summed E-state index contributed by atoms with van der Waals surface area (Å²) in [6, 6.07) is 34.6. The van der Waals surface area contributed by atoms with Gasteiger partial charge in [-0.05, 0) is 100.0 Å². The third-order valence-electron chi connectivity index (χ3n) is 16.0. The summed E-state index contributed by atoms with van der Waals surface area (Å²) >= 11 is 0. The van der Waals surface area contributed by atoms with Crippen LogP contribution >= 0.6 is 0 Å². The van der Waals surface area contributed by atoms with E-state index in [9.17, 15) is 15.6 Å². The van der Waals surface area contributed by atoms with Gasteiger partial charge in [-0.15, -0.1) is 0 Å². The van der Waals surface area contributed by atoms with E-state index < -0.39 is 5.92 Å². The van der Waals surface area contributed by atoms with Crippen molar-refractivity contribution in [3.8, 4) is 12.1 Å². The Morgan fingerprint density at radius 2 is 0.797 bits per heavy atom. The minimum atomic E-state index is -0.811. The van der Waals surface area contributed by atoms with E-state index in [0.717, 1.165) is 112 Å². The Morgan fingerprint density at radius 1 is 0.459 bits per heavy atom. The molecular formula is C67H88N6O. The van der Waals surface area contributed by atoms with E-state index in [1.54, 1.807) is 0 Å². The van der Waals surface area contributed by atoms with Crippen LogP contribution in [0.4, 0.5) is 22.7 Å². The van der Waals surface area contributed by atoms with Crippen LogP contribution in [0.2, 0.25) is 0 Å². The van der Waals surface area contributed by atoms with Crippen molar-refractivity contribution in [1.82, 2.24) is 0 Å². The van der Waals surface area contributed by atoms with Gasteiger partial charge in [-0.1, -0.05) is 205 Å². The Labute approximate surface area is 445 Å². The van der Waals surface area contributed by atoms with Crippen molar-refractivity contribution in [3.05, 3.63) is 113 Å². The van der Waals surface area contributed by atoms with Crippen LogP contribution in [0.25, 0.3) is 48.7 Å². The van der Waals surface area contributed by atoms with Gasteiger partial charge in [0.05, 0.1) is 5.92 Å². The van der Waals surface area contributed by atoms with E-state index >= 15 is 0 Å². The first-order valence-corrected chi connectivity index (χ1v) is 29.3. The summed E-state index contributed by atoms with van der Waals surface area (Å²) in [5.74, 6) is -0.730. The Morgan fingerprint density at radius 3 is 1.19 bits per heavy atom. The number of anilines is 4. The van der Waals surface area contributed by atoms with Crippen LogP contribution in [0.3, 0.4) is 0 Å². The van der Waals surface area contributed by atoms with Gasteiger partial charge in [-0.3, -0.25) is 0 Å². The van der Waals surface area contributed by atoms with Crippen LogP contribution in [0.1, 0.15) is 199 Å². The fourth-order valence-corrected chi connectivity index (χ4v) is 11.9. The van der Waals surface area contributed by atoms with E-state index in [1.165, 1.54) is 128 Å². The van der Waals surface area contributed by atoms with Crippen LogP contribution in [-0.4, -0.2) is 31.3 Å². The third-order valence-corrected chi connectivity index (χ3v) is 16.0. The summed E-state index contributed by atoms with van der Waals surface area (Å²) in [5.41, 5.74) is 20.3. The number of allylic oxidation sites excluding steroid dienone is 3. The van der Waals surface area contributed by atoms with E-state index in [0.29, 0.717) is 28.1 Å². The normalized spacial score (nSPS) is 13.5. The molecule has 0 amide bonds. The van der Waals surface area contributed by atoms with Gasteiger partial charge in [0.1, 0.15) is 23.5 Å². The Hall–Kier alpha value is -6.18. The van der Waals surface area contributed by atoms with E-state index in [4.69, 9.17) is 11.5 Å². The summed E-state index contributed by atoms with van der Waals surface area (Å²) in [5, 5.41) is 43.0. The maximum absolute atomic E-state index is 13.0. The Bertz CT molecular complexity index is 2900. The molecule has 1 unspecified atom stereocenters. The number of benzene rings is 6. The molecule has 392 valence electrons. The molecule has 0 aromatic heterocycles. The number of rotatable bonds is 32. The smallest absolute Gasteiger partial charge is 0.134 e. The molecule has 7 nitrogen and oxygen atoms in total. The second-order valence-electron chi connectivity index (χ2n) is 21.5. The molecule has 0 heterocycles. The minimum absolute atomic E-state index is 0.0434. The molecule has 1 atom stereocenters. The van der Waals surface area contributed by atoms with Gasteiger partial charge in [0.2, 0.25) is 0 Å². The Kier molecular flexibility index (Phi) is 21.4. The number of hydrogen-bond donors (Lipinski definition) is 3. The lowest BCUT2D eigenvalue weighted by molar-refractivity contribution is 0.371. The number of nitrogens with zero attached hydrogens (tertiary/aromatic N) is 4. The SMILES string of the molecule is CCCCCCCCN(CCCCCCCC)c1cc(N)c(C2=C(O)C(c3c(N)cc(N(CCCCCCCC)CCCCCCCC)c4cc5ccccc5cc34)C2=C(C#N)C#N)c2cc3ccccc3cc12. The number of nitrogen functional groups attached to an aromatic ring is 2. The second-order valence-corrected chi connectivity index (χ2v) is 21.5. The molecule has 0 aliphatic heterocycles. The molecule has 0 radical (unpaired) electrons. The van der Waals surface area contributed by atoms with Crippen molar-refractivity contribution >= 4 is 71.4 Å². The van der Waals surface area contributed by atoms with E-state index in [-0.39, 0.29) is 11.3 Å². The summed E-state index contributed by atoms with van der Waals surface area (Å²) in [7, 11) is 0. The first-order valence-electron chi connectivity index (χ1n) is 29.3. The maximum atomic E-state index is 13.0. The third kappa shape index (κ3) is 13.4. The highest BCUT2D eigenvalue weighted by Gasteiger charge is 2.43. The molecule has 6 aromatic rings. The molecule has 74 heavy (non-hydrogen) atoms. The van der Waals surface area contributed by atoms with Crippen molar-refractivity contribution in [2.24, 2.45) is 0 Å². The highest BCUT2D eigenvalue weighted by atomic mass is 16.3. The zero-order chi connectivity index (χ0) is 52.2. The predicted octanol–water partition coefficient (Wildman–Crippen LogP) is 18.9. The second kappa shape index (κ2) is 28.5. The molecule has 5 N–H and O–H groups in total. The van der Waals surface area contributed by atoms with E-state index in [2.05, 4.69) is 135 Å². The summed E-state index contributed by atoms with van der Waals surface area (Å²) in [6.45, 7) is 12.8. The van der Waals surface area contributed by atoms with Crippen molar-refractivity contribution < 1.29 is 5.11 Å². The molecule has 7 heteroatoms. The van der Waals surface area contributed by atoms with Gasteiger partial charge >= 0.3 is 0 Å². The van der Waals surface area contributed by atoms with Gasteiger partial charge in [-0.25, -0.2) is 0 Å². The number of unbranched alkanes of at least 4 members (excludes halogenated alkanes) is 20. The van der Waals surface area contributed by atoms with Crippen LogP contribution in [-0.2, 0) is 0 Å². The van der Waals surface area contributed by atoms with Gasteiger partial charge in [-0.2, -0.15) is 10.5 Å². The predicted molar refractivity (Wildman–Crippen MR) is 320 cm³/mol. The molecule has 1 aliphatic carbocycles. The molecule has 0 saturated heterocycles. The molecule has 0 fully saturated rings. The molecule has 0 saturated carbocycles. The highest BCUT2D eigenvalue weighted by molar-refractivity contribution is 6.16. The van der Waals surface area contributed by atoms with Crippen LogP contribution in [0.15, 0.2) is 102 Å². The summed E-state index contributed by atoms with van der Waals surface area (Å²) in [6.07, 6.45) is 29.2. The average Bonchev–Trinajstić information content (AvgIpc) is 3.42. The first kappa shape index (κ1) is 55.6. The van der Waals surface area contributed by atoms with Crippen LogP contribution < -0.4 is 21.3 Å². The molecular weight excluding hydrogens is 905 g/mol. The lowest BCUT2D eigenvalue weighted by atomic mass is 9.67. The lowest BCUT2D eigenvalue weighted by Gasteiger charge is -2.37. The van der Waals surface area contributed by atoms with Crippen molar-refractivity contribution in [2.75, 3.05) is 47.4 Å². The average molecular weight is 993 g/mol. The zero-order valence-corrected chi connectivity index (χ0v) is 45.9. The van der Waals surface area contributed by atoms with Crippen LogP contribution in [0, 0.1) is 22.7 Å². The van der Waals surface area contributed by atoms with Gasteiger partial charge in [0.25, 0.3) is 0 Å². The van der Waals surface area contributed by atoms with Gasteiger partial charge < -0.3 is 26.4 Å². The lowest BCUT2D eigenvalue weighted by Crippen LogP contribution is -2.28. The quantitative estimate of drug-likeness (QED) is 0.0166. The highest BCUT2D eigenvalue weighted by Crippen LogP contribution is 2.58. The number of aliphatic hydroxyl groups is 1. The fraction of sp³-hybridized carbons (Fsp3) is 0.493. The van der Waals surface area contributed by atoms with Crippen molar-refractivity contribution in [2.45, 2.75) is 188 Å². The maximum Gasteiger partial charge on any atom is 0.134 e. The van der Waals surface area contributed by atoms with Crippen molar-refractivity contribution in [1.29, 1.82) is 10.5 Å². The topological polar surface area (TPSA) is 126 Å². The molecule has 0 bridgehead atoms. The zero-order valence-electron chi connectivity index (χ0n) is 45.9. The summed E-state index contributed by atoms with van der Waals surface area (Å²) < 4.78 is 0. The number of aliphatic hydroxyl groups excluding tert-OH is 1. The molecule has 1 aliphatic rings. The monoisotopic (exact) mass is 993 g/mol. The van der Waals surface area contributed by atoms with Crippen LogP contribution in [0.5, 0.6) is 0 Å². The molecule has 6 aromatic carbocycles. The minimum Gasteiger partial charge on any atom is -0.511 e. The Balaban J connectivity index is 1.38.